The van der Waals surface area contributed by atoms with E-state index in [0.29, 0.717) is 43.9 Å². The van der Waals surface area contributed by atoms with Crippen molar-refractivity contribution in [3.63, 3.8) is 0 Å². The van der Waals surface area contributed by atoms with Gasteiger partial charge >= 0.3 is 6.09 Å². The van der Waals surface area contributed by atoms with Crippen LogP contribution in [0.25, 0.3) is 0 Å². The van der Waals surface area contributed by atoms with Crippen LogP contribution in [-0.4, -0.2) is 83.1 Å². The van der Waals surface area contributed by atoms with E-state index in [1.165, 1.54) is 11.8 Å². The quantitative estimate of drug-likeness (QED) is 0.244. The van der Waals surface area contributed by atoms with Gasteiger partial charge in [-0.1, -0.05) is 43.0 Å². The molecule has 1 heterocycles. The van der Waals surface area contributed by atoms with Gasteiger partial charge in [-0.15, -0.1) is 0 Å². The fraction of sp³-hybridized carbons (Fsp3) is 0.538. The van der Waals surface area contributed by atoms with Crippen molar-refractivity contribution in [3.05, 3.63) is 77.6 Å². The molecule has 0 bridgehead atoms. The molecule has 2 aromatic rings. The number of hydrogen-bond acceptors (Lipinski definition) is 7. The minimum absolute atomic E-state index is 0.0650. The SMILES string of the molecule is C=C(C[C@H](NC(C)=O)C(=O)N(C)C(CCc1ccccc1)C(=O)NCc1cc(OC2CCN(C(=O)OC(C)(C)C)C2)ccc1C)OC(C)(C)C. The van der Waals surface area contributed by atoms with Crippen LogP contribution >= 0.6 is 0 Å². The van der Waals surface area contributed by atoms with Gasteiger partial charge in [-0.25, -0.2) is 4.79 Å². The molecule has 1 aliphatic heterocycles. The van der Waals surface area contributed by atoms with Crippen molar-refractivity contribution >= 4 is 23.8 Å². The zero-order valence-electron chi connectivity index (χ0n) is 31.3. The molecule has 0 spiro atoms. The Balaban J connectivity index is 1.73. The molecule has 4 amide bonds. The number of aryl methyl sites for hydroxylation is 2. The number of carbonyl (C=O) groups is 4. The monoisotopic (exact) mass is 692 g/mol. The zero-order valence-corrected chi connectivity index (χ0v) is 31.3. The van der Waals surface area contributed by atoms with E-state index < -0.39 is 29.2 Å². The number of nitrogens with one attached hydrogen (secondary N) is 2. The van der Waals surface area contributed by atoms with Gasteiger partial charge in [0.2, 0.25) is 17.7 Å². The lowest BCUT2D eigenvalue weighted by Gasteiger charge is -2.32. The molecule has 11 heteroatoms. The third kappa shape index (κ3) is 13.1. The first-order chi connectivity index (χ1) is 23.3. The van der Waals surface area contributed by atoms with Crippen molar-refractivity contribution in [1.82, 2.24) is 20.4 Å². The maximum absolute atomic E-state index is 13.9. The highest BCUT2D eigenvalue weighted by molar-refractivity contribution is 5.91. The molecule has 2 unspecified atom stereocenters. The van der Waals surface area contributed by atoms with Gasteiger partial charge in [0.05, 0.1) is 12.3 Å². The minimum atomic E-state index is -0.961. The summed E-state index contributed by atoms with van der Waals surface area (Å²) in [5.41, 5.74) is 1.77. The van der Waals surface area contributed by atoms with Crippen LogP contribution in [-0.2, 0) is 36.8 Å². The van der Waals surface area contributed by atoms with Gasteiger partial charge in [0.15, 0.2) is 0 Å². The molecular weight excluding hydrogens is 636 g/mol. The van der Waals surface area contributed by atoms with Crippen molar-refractivity contribution < 1.29 is 33.4 Å². The molecule has 50 heavy (non-hydrogen) atoms. The van der Waals surface area contributed by atoms with Gasteiger partial charge in [-0.05, 0) is 90.1 Å². The second-order valence-corrected chi connectivity index (χ2v) is 15.0. The lowest BCUT2D eigenvalue weighted by molar-refractivity contribution is -0.142. The van der Waals surface area contributed by atoms with Crippen LogP contribution in [0, 0.1) is 6.92 Å². The van der Waals surface area contributed by atoms with Crippen LogP contribution in [0.4, 0.5) is 4.79 Å². The molecule has 1 fully saturated rings. The van der Waals surface area contributed by atoms with Crippen LogP contribution in [0.2, 0.25) is 0 Å². The van der Waals surface area contributed by atoms with Gasteiger partial charge in [-0.2, -0.15) is 0 Å². The number of carbonyl (C=O) groups excluding carboxylic acids is 4. The van der Waals surface area contributed by atoms with E-state index >= 15 is 0 Å². The highest BCUT2D eigenvalue weighted by atomic mass is 16.6. The number of amides is 4. The van der Waals surface area contributed by atoms with Gasteiger partial charge in [0.25, 0.3) is 0 Å². The lowest BCUT2D eigenvalue weighted by atomic mass is 10.0. The van der Waals surface area contributed by atoms with E-state index in [4.69, 9.17) is 14.2 Å². The average Bonchev–Trinajstić information content (AvgIpc) is 3.48. The number of benzene rings is 2. The fourth-order valence-electron chi connectivity index (χ4n) is 5.72. The summed E-state index contributed by atoms with van der Waals surface area (Å²) in [5.74, 6) is -0.123. The van der Waals surface area contributed by atoms with E-state index in [9.17, 15) is 19.2 Å². The summed E-state index contributed by atoms with van der Waals surface area (Å²) in [5, 5.41) is 5.76. The highest BCUT2D eigenvalue weighted by Crippen LogP contribution is 2.24. The standard InChI is InChI=1S/C39H56N4O7/c1-26-16-18-31(48-32-20-21-43(25-32)37(47)50-39(7,8)9)23-30(26)24-40-35(45)34(19-17-29-14-12-11-13-15-29)42(10)36(46)33(41-28(3)44)22-27(2)49-38(4,5)6/h11-16,18,23,32-34H,2,17,19-22,24-25H2,1,3-10H3,(H,40,45)(H,41,44)/t32?,33-,34?/m0/s1. The molecule has 2 N–H and O–H groups in total. The lowest BCUT2D eigenvalue weighted by Crippen LogP contribution is -2.54. The maximum atomic E-state index is 13.9. The first kappa shape index (κ1) is 39.9. The normalized spacial score (nSPS) is 15.8. The van der Waals surface area contributed by atoms with Crippen LogP contribution in [0.1, 0.15) is 84.4 Å². The Labute approximate surface area is 297 Å². The van der Waals surface area contributed by atoms with Gasteiger partial charge in [0, 0.05) is 39.9 Å². The molecule has 0 saturated carbocycles. The van der Waals surface area contributed by atoms with E-state index in [-0.39, 0.29) is 37.0 Å². The molecule has 2 aromatic carbocycles. The van der Waals surface area contributed by atoms with Crippen molar-refractivity contribution in [2.45, 2.75) is 117 Å². The number of ether oxygens (including phenoxy) is 3. The predicted molar refractivity (Wildman–Crippen MR) is 193 cm³/mol. The Hall–Kier alpha value is -4.54. The van der Waals surface area contributed by atoms with Crippen molar-refractivity contribution in [3.8, 4) is 5.75 Å². The molecule has 1 saturated heterocycles. The second-order valence-electron chi connectivity index (χ2n) is 15.0. The summed E-state index contributed by atoms with van der Waals surface area (Å²) in [6.45, 7) is 19.6. The molecule has 1 aliphatic rings. The largest absolute Gasteiger partial charge is 0.493 e. The molecular formula is C39H56N4O7. The average molecular weight is 693 g/mol. The molecule has 274 valence electrons. The Bertz CT molecular complexity index is 1500. The van der Waals surface area contributed by atoms with Crippen LogP contribution in [0.3, 0.4) is 0 Å². The number of hydrogen-bond donors (Lipinski definition) is 2. The summed E-state index contributed by atoms with van der Waals surface area (Å²) >= 11 is 0. The summed E-state index contributed by atoms with van der Waals surface area (Å²) in [4.78, 5) is 55.5. The summed E-state index contributed by atoms with van der Waals surface area (Å²) in [6.07, 6.45) is 1.13. The Morgan fingerprint density at radius 2 is 1.66 bits per heavy atom. The van der Waals surface area contributed by atoms with Gasteiger partial charge in [0.1, 0.15) is 35.1 Å². The fourth-order valence-corrected chi connectivity index (χ4v) is 5.72. The highest BCUT2D eigenvalue weighted by Gasteiger charge is 2.33. The second kappa shape index (κ2) is 17.4. The number of likely N-dealkylation sites (N-methyl/N-ethyl adjacent to an activating group) is 1. The number of likely N-dealkylation sites (tertiary alicyclic amines) is 1. The summed E-state index contributed by atoms with van der Waals surface area (Å²) in [6, 6.07) is 13.7. The van der Waals surface area contributed by atoms with Gasteiger partial charge in [-0.3, -0.25) is 14.4 Å². The maximum Gasteiger partial charge on any atom is 0.410 e. The van der Waals surface area contributed by atoms with Crippen LogP contribution in [0.5, 0.6) is 5.75 Å². The van der Waals surface area contributed by atoms with E-state index in [0.717, 1.165) is 16.7 Å². The number of rotatable bonds is 14. The Morgan fingerprint density at radius 3 is 2.28 bits per heavy atom. The minimum Gasteiger partial charge on any atom is -0.493 e. The van der Waals surface area contributed by atoms with Crippen molar-refractivity contribution in [1.29, 1.82) is 0 Å². The van der Waals surface area contributed by atoms with E-state index in [2.05, 4.69) is 17.2 Å². The summed E-state index contributed by atoms with van der Waals surface area (Å²) < 4.78 is 17.6. The molecule has 0 aromatic heterocycles. The molecule has 11 nitrogen and oxygen atoms in total. The van der Waals surface area contributed by atoms with Crippen molar-refractivity contribution in [2.24, 2.45) is 0 Å². The predicted octanol–water partition coefficient (Wildman–Crippen LogP) is 5.68. The first-order valence-corrected chi connectivity index (χ1v) is 17.3. The molecule has 0 radical (unpaired) electrons. The zero-order chi connectivity index (χ0) is 37.2. The van der Waals surface area contributed by atoms with Crippen molar-refractivity contribution in [2.75, 3.05) is 20.1 Å². The van der Waals surface area contributed by atoms with Gasteiger partial charge < -0.3 is 34.6 Å². The topological polar surface area (TPSA) is 127 Å². The first-order valence-electron chi connectivity index (χ1n) is 17.3. The third-order valence-electron chi connectivity index (χ3n) is 8.10. The smallest absolute Gasteiger partial charge is 0.410 e. The van der Waals surface area contributed by atoms with E-state index in [1.807, 2.05) is 97.0 Å². The summed E-state index contributed by atoms with van der Waals surface area (Å²) in [7, 11) is 1.58. The van der Waals surface area contributed by atoms with Crippen LogP contribution in [0.15, 0.2) is 60.9 Å². The molecule has 3 rings (SSSR count). The number of nitrogens with zero attached hydrogens (tertiary/aromatic N) is 2. The Morgan fingerprint density at radius 1 is 1.00 bits per heavy atom. The third-order valence-corrected chi connectivity index (χ3v) is 8.10. The molecule has 0 aliphatic carbocycles. The molecule has 3 atom stereocenters. The Kier molecular flexibility index (Phi) is 13.9. The van der Waals surface area contributed by atoms with Crippen LogP contribution < -0.4 is 15.4 Å². The van der Waals surface area contributed by atoms with E-state index in [1.54, 1.807) is 11.9 Å².